The Morgan fingerprint density at radius 3 is 1.25 bits per heavy atom. The van der Waals surface area contributed by atoms with Crippen molar-refractivity contribution in [2.45, 2.75) is 13.8 Å². The van der Waals surface area contributed by atoms with Crippen molar-refractivity contribution in [1.29, 1.82) is 0 Å². The quantitative estimate of drug-likeness (QED) is 0.259. The van der Waals surface area contributed by atoms with E-state index in [9.17, 15) is 19.8 Å². The fraction of sp³-hybridized carbons (Fsp3) is 0.267. The molecule has 0 spiro atoms. The van der Waals surface area contributed by atoms with Gasteiger partial charge >= 0.3 is 11.9 Å². The largest absolute Gasteiger partial charge is 0.507 e. The van der Waals surface area contributed by atoms with Gasteiger partial charge < -0.3 is 38.6 Å². The van der Waals surface area contributed by atoms with Crippen molar-refractivity contribution in [1.82, 2.24) is 0 Å². The number of fused-ring (bicyclic) bond motifs is 2. The van der Waals surface area contributed by atoms with Crippen molar-refractivity contribution in [3.8, 4) is 45.6 Å². The molecule has 0 saturated carbocycles. The minimum absolute atomic E-state index is 0.128. The van der Waals surface area contributed by atoms with E-state index >= 15 is 0 Å². The molecule has 10 heteroatoms. The van der Waals surface area contributed by atoms with Crippen LogP contribution in [0.15, 0.2) is 36.4 Å². The third kappa shape index (κ3) is 4.72. The molecule has 0 aliphatic heterocycles. The molecule has 10 nitrogen and oxygen atoms in total. The monoisotopic (exact) mass is 550 g/mol. The minimum Gasteiger partial charge on any atom is -0.507 e. The van der Waals surface area contributed by atoms with Crippen molar-refractivity contribution < 1.29 is 48.2 Å². The van der Waals surface area contributed by atoms with Gasteiger partial charge in [0.2, 0.25) is 0 Å². The van der Waals surface area contributed by atoms with Gasteiger partial charge in [-0.2, -0.15) is 0 Å². The normalized spacial score (nSPS) is 10.8. The van der Waals surface area contributed by atoms with Crippen LogP contribution in [0.1, 0.15) is 34.6 Å². The molecule has 0 aromatic heterocycles. The van der Waals surface area contributed by atoms with Gasteiger partial charge in [-0.1, -0.05) is 0 Å². The molecule has 0 radical (unpaired) electrons. The standard InChI is InChI=1S/C30H30O10/c1-7-39-29(33)15-9-19-17(21(31)11-15)13-23(35-3)25(27(19)37-5)26-24(36-4)14-18-20(28(26)38-6)10-16(12-22(18)32)30(34)40-8-2/h9-14,31-32H,7-8H2,1-6H3. The predicted molar refractivity (Wildman–Crippen MR) is 148 cm³/mol. The summed E-state index contributed by atoms with van der Waals surface area (Å²) < 4.78 is 33.4. The number of rotatable bonds is 9. The molecule has 0 amide bonds. The third-order valence-electron chi connectivity index (χ3n) is 6.42. The molecule has 4 aromatic rings. The number of hydrogen-bond acceptors (Lipinski definition) is 10. The average Bonchev–Trinajstić information content (AvgIpc) is 2.95. The molecule has 0 bridgehead atoms. The molecule has 0 fully saturated rings. The lowest BCUT2D eigenvalue weighted by Gasteiger charge is -2.22. The van der Waals surface area contributed by atoms with E-state index in [2.05, 4.69) is 0 Å². The lowest BCUT2D eigenvalue weighted by atomic mass is 9.92. The van der Waals surface area contributed by atoms with E-state index in [4.69, 9.17) is 28.4 Å². The molecule has 2 N–H and O–H groups in total. The molecule has 0 aliphatic carbocycles. The van der Waals surface area contributed by atoms with E-state index < -0.39 is 11.9 Å². The lowest BCUT2D eigenvalue weighted by Crippen LogP contribution is -2.06. The molecular weight excluding hydrogens is 520 g/mol. The van der Waals surface area contributed by atoms with Crippen LogP contribution in [0, 0.1) is 0 Å². The number of methoxy groups -OCH3 is 4. The smallest absolute Gasteiger partial charge is 0.338 e. The van der Waals surface area contributed by atoms with Crippen LogP contribution in [0.5, 0.6) is 34.5 Å². The minimum atomic E-state index is -0.609. The molecule has 0 unspecified atom stereocenters. The number of carbonyl (C=O) groups excluding carboxylic acids is 2. The summed E-state index contributed by atoms with van der Waals surface area (Å²) in [5, 5.41) is 23.2. The van der Waals surface area contributed by atoms with Crippen LogP contribution in [-0.2, 0) is 9.47 Å². The summed E-state index contributed by atoms with van der Waals surface area (Å²) in [6, 6.07) is 8.95. The van der Waals surface area contributed by atoms with Crippen LogP contribution in [0.25, 0.3) is 32.7 Å². The topological polar surface area (TPSA) is 130 Å². The molecule has 0 atom stereocenters. The van der Waals surface area contributed by atoms with Crippen LogP contribution < -0.4 is 18.9 Å². The van der Waals surface area contributed by atoms with Gasteiger partial charge in [0.05, 0.1) is 63.9 Å². The first-order valence-corrected chi connectivity index (χ1v) is 12.4. The van der Waals surface area contributed by atoms with E-state index in [-0.39, 0.29) is 47.3 Å². The van der Waals surface area contributed by atoms with Gasteiger partial charge in [-0.25, -0.2) is 9.59 Å². The van der Waals surface area contributed by atoms with E-state index in [0.29, 0.717) is 44.2 Å². The number of esters is 2. The summed E-state index contributed by atoms with van der Waals surface area (Å²) in [4.78, 5) is 25.1. The number of phenolic OH excluding ortho intramolecular Hbond substituents is 2. The second kappa shape index (κ2) is 11.5. The lowest BCUT2D eigenvalue weighted by molar-refractivity contribution is 0.0516. The SMILES string of the molecule is CCOC(=O)c1cc(O)c2cc(OC)c(-c3c(OC)cc4c(O)cc(C(=O)OCC)cc4c3OC)c(OC)c2c1. The summed E-state index contributed by atoms with van der Waals surface area (Å²) in [6.45, 7) is 3.70. The number of ether oxygens (including phenoxy) is 6. The van der Waals surface area contributed by atoms with Gasteiger partial charge in [-0.15, -0.1) is 0 Å². The number of carbonyl (C=O) groups is 2. The first-order valence-electron chi connectivity index (χ1n) is 12.4. The average molecular weight is 551 g/mol. The number of aromatic hydroxyl groups is 2. The Labute approximate surface area is 230 Å². The summed E-state index contributed by atoms with van der Waals surface area (Å²) >= 11 is 0. The van der Waals surface area contributed by atoms with Crippen molar-refractivity contribution in [2.24, 2.45) is 0 Å². The Morgan fingerprint density at radius 1 is 0.575 bits per heavy atom. The van der Waals surface area contributed by atoms with Crippen LogP contribution >= 0.6 is 0 Å². The van der Waals surface area contributed by atoms with Crippen molar-refractivity contribution in [3.63, 3.8) is 0 Å². The van der Waals surface area contributed by atoms with Crippen LogP contribution in [-0.4, -0.2) is 63.8 Å². The number of benzene rings is 4. The molecule has 40 heavy (non-hydrogen) atoms. The van der Waals surface area contributed by atoms with Crippen molar-refractivity contribution >= 4 is 33.5 Å². The van der Waals surface area contributed by atoms with Crippen LogP contribution in [0.2, 0.25) is 0 Å². The Morgan fingerprint density at radius 2 is 0.950 bits per heavy atom. The van der Waals surface area contributed by atoms with Gasteiger partial charge in [0, 0.05) is 21.5 Å². The van der Waals surface area contributed by atoms with E-state index in [1.807, 2.05) is 0 Å². The van der Waals surface area contributed by atoms with Gasteiger partial charge in [0.15, 0.2) is 0 Å². The summed E-state index contributed by atoms with van der Waals surface area (Å²) in [5.41, 5.74) is 1.02. The highest BCUT2D eigenvalue weighted by Crippen LogP contribution is 2.54. The maximum Gasteiger partial charge on any atom is 0.338 e. The van der Waals surface area contributed by atoms with Crippen LogP contribution in [0.3, 0.4) is 0 Å². The van der Waals surface area contributed by atoms with Crippen molar-refractivity contribution in [2.75, 3.05) is 41.7 Å². The van der Waals surface area contributed by atoms with Gasteiger partial charge in [0.1, 0.15) is 34.5 Å². The Kier molecular flexibility index (Phi) is 8.08. The first kappa shape index (κ1) is 28.2. The summed E-state index contributed by atoms with van der Waals surface area (Å²) in [7, 11) is 5.80. The highest BCUT2D eigenvalue weighted by molar-refractivity contribution is 6.10. The summed E-state index contributed by atoms with van der Waals surface area (Å²) in [5.74, 6) is -0.482. The molecular formula is C30H30O10. The molecule has 0 aliphatic rings. The predicted octanol–water partition coefficient (Wildman–Crippen LogP) is 5.46. The zero-order chi connectivity index (χ0) is 29.1. The highest BCUT2D eigenvalue weighted by Gasteiger charge is 2.28. The second-order valence-electron chi connectivity index (χ2n) is 8.60. The van der Waals surface area contributed by atoms with E-state index in [1.54, 1.807) is 38.1 Å². The second-order valence-corrected chi connectivity index (χ2v) is 8.60. The molecule has 0 heterocycles. The molecule has 210 valence electrons. The fourth-order valence-corrected chi connectivity index (χ4v) is 4.74. The van der Waals surface area contributed by atoms with Gasteiger partial charge in [0.25, 0.3) is 0 Å². The zero-order valence-corrected chi connectivity index (χ0v) is 23.0. The molecule has 4 rings (SSSR count). The van der Waals surface area contributed by atoms with Gasteiger partial charge in [-0.3, -0.25) is 0 Å². The molecule has 0 saturated heterocycles. The van der Waals surface area contributed by atoms with Gasteiger partial charge in [-0.05, 0) is 50.2 Å². The maximum absolute atomic E-state index is 12.5. The summed E-state index contributed by atoms with van der Waals surface area (Å²) in [6.07, 6.45) is 0. The fourth-order valence-electron chi connectivity index (χ4n) is 4.74. The highest BCUT2D eigenvalue weighted by atomic mass is 16.5. The Bertz CT molecular complexity index is 1500. The number of phenols is 2. The van der Waals surface area contributed by atoms with E-state index in [0.717, 1.165) is 0 Å². The first-order chi connectivity index (χ1) is 19.2. The number of hydrogen-bond donors (Lipinski definition) is 2. The Balaban J connectivity index is 2.16. The maximum atomic E-state index is 12.5. The van der Waals surface area contributed by atoms with Crippen LogP contribution in [0.4, 0.5) is 0 Å². The molecule has 4 aromatic carbocycles. The Hall–Kier alpha value is -4.86. The third-order valence-corrected chi connectivity index (χ3v) is 6.42. The van der Waals surface area contributed by atoms with Crippen molar-refractivity contribution in [3.05, 3.63) is 47.5 Å². The zero-order valence-electron chi connectivity index (χ0n) is 23.0. The van der Waals surface area contributed by atoms with E-state index in [1.165, 1.54) is 40.6 Å².